The van der Waals surface area contributed by atoms with Crippen LogP contribution in [-0.4, -0.2) is 39.9 Å². The number of nitrogens with zero attached hydrogens (tertiary/aromatic N) is 2. The van der Waals surface area contributed by atoms with Crippen LogP contribution >= 0.6 is 0 Å². The van der Waals surface area contributed by atoms with E-state index in [9.17, 15) is 19.2 Å². The maximum Gasteiger partial charge on any atom is 0.514 e. The van der Waals surface area contributed by atoms with Gasteiger partial charge in [0, 0.05) is 23.1 Å². The molecule has 4 heterocycles. The van der Waals surface area contributed by atoms with Gasteiger partial charge >= 0.3 is 18.2 Å². The number of hydrogen-bond acceptors (Lipinski definition) is 9. The van der Waals surface area contributed by atoms with E-state index in [0.29, 0.717) is 46.6 Å². The summed E-state index contributed by atoms with van der Waals surface area (Å²) in [6.45, 7) is 9.26. The first-order valence-corrected chi connectivity index (χ1v) is 13.2. The number of nitrogens with one attached hydrogen (secondary N) is 1. The third kappa shape index (κ3) is 4.76. The summed E-state index contributed by atoms with van der Waals surface area (Å²) in [7, 11) is 0. The van der Waals surface area contributed by atoms with Gasteiger partial charge in [-0.15, -0.1) is 0 Å². The van der Waals surface area contributed by atoms with Crippen LogP contribution in [0.1, 0.15) is 64.2 Å². The molecule has 11 heteroatoms. The molecule has 40 heavy (non-hydrogen) atoms. The Morgan fingerprint density at radius 1 is 1.15 bits per heavy atom. The van der Waals surface area contributed by atoms with Gasteiger partial charge in [-0.25, -0.2) is 19.4 Å². The highest BCUT2D eigenvalue weighted by atomic mass is 16.7. The molecule has 2 aliphatic rings. The largest absolute Gasteiger partial charge is 0.514 e. The van der Waals surface area contributed by atoms with E-state index in [4.69, 9.17) is 23.9 Å². The number of benzene rings is 1. The zero-order chi connectivity index (χ0) is 28.8. The second-order valence-corrected chi connectivity index (χ2v) is 10.8. The number of aromatic nitrogens is 2. The monoisotopic (exact) mass is 549 g/mol. The minimum absolute atomic E-state index is 0.0830. The van der Waals surface area contributed by atoms with E-state index < -0.39 is 29.4 Å². The molecule has 1 amide bonds. The van der Waals surface area contributed by atoms with Crippen LogP contribution < -0.4 is 15.6 Å². The number of alkyl carbamates (subject to hydrolysis) is 1. The summed E-state index contributed by atoms with van der Waals surface area (Å²) in [5, 5.41) is 3.33. The Hall–Kier alpha value is -4.41. The Kier molecular flexibility index (Phi) is 6.77. The number of hydrogen-bond donors (Lipinski definition) is 1. The topological polar surface area (TPSA) is 135 Å². The summed E-state index contributed by atoms with van der Waals surface area (Å²) in [4.78, 5) is 56.1. The molecular weight excluding hydrogens is 518 g/mol. The molecule has 0 saturated carbocycles. The van der Waals surface area contributed by atoms with Crippen molar-refractivity contribution >= 4 is 29.1 Å². The number of amides is 1. The van der Waals surface area contributed by atoms with Crippen molar-refractivity contribution in [2.75, 3.05) is 6.54 Å². The lowest BCUT2D eigenvalue weighted by Gasteiger charge is -2.35. The molecule has 1 aromatic carbocycles. The highest BCUT2D eigenvalue weighted by molar-refractivity contribution is 5.88. The van der Waals surface area contributed by atoms with Crippen LogP contribution in [-0.2, 0) is 37.8 Å². The summed E-state index contributed by atoms with van der Waals surface area (Å²) < 4.78 is 23.1. The van der Waals surface area contributed by atoms with Crippen molar-refractivity contribution in [1.82, 2.24) is 14.9 Å². The van der Waals surface area contributed by atoms with Crippen LogP contribution in [0, 0.1) is 0 Å². The van der Waals surface area contributed by atoms with Gasteiger partial charge in [-0.05, 0) is 63.9 Å². The zero-order valence-electron chi connectivity index (χ0n) is 23.1. The molecule has 0 radical (unpaired) electrons. The highest BCUT2D eigenvalue weighted by Gasteiger charge is 2.50. The van der Waals surface area contributed by atoms with E-state index in [1.165, 1.54) is 0 Å². The maximum atomic E-state index is 13.6. The van der Waals surface area contributed by atoms with Crippen LogP contribution in [0.15, 0.2) is 35.1 Å². The molecule has 0 fully saturated rings. The van der Waals surface area contributed by atoms with Crippen LogP contribution in [0.2, 0.25) is 0 Å². The number of esters is 1. The lowest BCUT2D eigenvalue weighted by Crippen LogP contribution is -2.49. The lowest BCUT2D eigenvalue weighted by atomic mass is 9.85. The number of pyridine rings is 2. The van der Waals surface area contributed by atoms with Gasteiger partial charge in [-0.3, -0.25) is 4.79 Å². The fourth-order valence-electron chi connectivity index (χ4n) is 4.97. The summed E-state index contributed by atoms with van der Waals surface area (Å²) in [6.07, 6.45) is -0.801. The molecule has 0 spiro atoms. The molecular formula is C29H31N3O8. The molecule has 0 bridgehead atoms. The average Bonchev–Trinajstić information content (AvgIpc) is 3.24. The molecule has 5 rings (SSSR count). The smallest absolute Gasteiger partial charge is 0.457 e. The van der Waals surface area contributed by atoms with Crippen molar-refractivity contribution in [2.45, 2.75) is 71.8 Å². The molecule has 2 aliphatic heterocycles. The van der Waals surface area contributed by atoms with Crippen molar-refractivity contribution in [1.29, 1.82) is 0 Å². The SMILES string of the molecule is CCCNC(=O)OC1(CC)C(=O)OCc2c1cc1n(c2=O)Cc2cc3cc(OC(=O)OC(C)(C)C)ccc3nc2-1. The zero-order valence-corrected chi connectivity index (χ0v) is 23.1. The van der Waals surface area contributed by atoms with E-state index in [0.717, 1.165) is 5.56 Å². The van der Waals surface area contributed by atoms with Gasteiger partial charge in [0.15, 0.2) is 0 Å². The maximum absolute atomic E-state index is 13.6. The van der Waals surface area contributed by atoms with Gasteiger partial charge < -0.3 is 28.8 Å². The van der Waals surface area contributed by atoms with Gasteiger partial charge in [0.2, 0.25) is 5.60 Å². The van der Waals surface area contributed by atoms with Crippen molar-refractivity contribution in [2.24, 2.45) is 0 Å². The van der Waals surface area contributed by atoms with Gasteiger partial charge in [-0.2, -0.15) is 0 Å². The van der Waals surface area contributed by atoms with Crippen molar-refractivity contribution in [3.8, 4) is 17.1 Å². The highest BCUT2D eigenvalue weighted by Crippen LogP contribution is 2.41. The average molecular weight is 550 g/mol. The van der Waals surface area contributed by atoms with Crippen molar-refractivity contribution in [3.05, 3.63) is 57.4 Å². The predicted molar refractivity (Wildman–Crippen MR) is 144 cm³/mol. The second-order valence-electron chi connectivity index (χ2n) is 10.8. The van der Waals surface area contributed by atoms with Gasteiger partial charge in [0.05, 0.1) is 29.0 Å². The fraction of sp³-hybridized carbons (Fsp3) is 0.414. The fourth-order valence-corrected chi connectivity index (χ4v) is 4.97. The van der Waals surface area contributed by atoms with Gasteiger partial charge in [-0.1, -0.05) is 13.8 Å². The first kappa shape index (κ1) is 27.2. The van der Waals surface area contributed by atoms with Gasteiger partial charge in [0.1, 0.15) is 18.0 Å². The van der Waals surface area contributed by atoms with Gasteiger partial charge in [0.25, 0.3) is 5.56 Å². The Balaban J connectivity index is 1.55. The summed E-state index contributed by atoms with van der Waals surface area (Å²) >= 11 is 0. The standard InChI is InChI=1S/C29H31N3O8/c1-6-10-30-26(35)39-29(7-2)20-13-22-23-17(14-32(22)24(33)19(20)15-37-25(29)34)11-16-12-18(8-9-21(16)31-23)38-27(36)40-28(3,4)5/h8-9,11-13H,6-7,10,14-15H2,1-5H3,(H,30,35). The van der Waals surface area contributed by atoms with Crippen LogP contribution in [0.25, 0.3) is 22.3 Å². The van der Waals surface area contributed by atoms with E-state index in [2.05, 4.69) is 5.32 Å². The summed E-state index contributed by atoms with van der Waals surface area (Å²) in [5.74, 6) is -0.422. The Morgan fingerprint density at radius 3 is 2.62 bits per heavy atom. The number of rotatable bonds is 5. The number of fused-ring (bicyclic) bond motifs is 5. The minimum Gasteiger partial charge on any atom is -0.457 e. The molecule has 2 aromatic heterocycles. The van der Waals surface area contributed by atoms with E-state index in [1.54, 1.807) is 56.5 Å². The summed E-state index contributed by atoms with van der Waals surface area (Å²) in [6, 6.07) is 8.60. The Morgan fingerprint density at radius 2 is 1.93 bits per heavy atom. The minimum atomic E-state index is -1.76. The normalized spacial score (nSPS) is 17.4. The predicted octanol–water partition coefficient (Wildman–Crippen LogP) is 4.54. The van der Waals surface area contributed by atoms with Crippen LogP contribution in [0.3, 0.4) is 0 Å². The number of ether oxygens (including phenoxy) is 4. The van der Waals surface area contributed by atoms with Crippen molar-refractivity contribution < 1.29 is 33.3 Å². The Labute approximate surface area is 230 Å². The van der Waals surface area contributed by atoms with E-state index in [1.807, 2.05) is 13.0 Å². The molecule has 210 valence electrons. The van der Waals surface area contributed by atoms with Crippen LogP contribution in [0.4, 0.5) is 9.59 Å². The molecule has 1 N–H and O–H groups in total. The first-order valence-electron chi connectivity index (χ1n) is 13.2. The van der Waals surface area contributed by atoms with E-state index in [-0.39, 0.29) is 30.7 Å². The molecule has 3 aromatic rings. The second kappa shape index (κ2) is 9.96. The molecule has 1 unspecified atom stereocenters. The third-order valence-corrected chi connectivity index (χ3v) is 6.82. The lowest BCUT2D eigenvalue weighted by molar-refractivity contribution is -0.172. The quantitative estimate of drug-likeness (QED) is 0.216. The first-order chi connectivity index (χ1) is 19.0. The van der Waals surface area contributed by atoms with E-state index >= 15 is 0 Å². The third-order valence-electron chi connectivity index (χ3n) is 6.82. The summed E-state index contributed by atoms with van der Waals surface area (Å²) in [5.41, 5.74) is 0.266. The van der Waals surface area contributed by atoms with Crippen LogP contribution in [0.5, 0.6) is 5.75 Å². The number of cyclic esters (lactones) is 1. The molecule has 11 nitrogen and oxygen atoms in total. The number of carbonyl (C=O) groups is 3. The Bertz CT molecular complexity index is 1600. The number of carbonyl (C=O) groups excluding carboxylic acids is 3. The molecule has 0 saturated heterocycles. The van der Waals surface area contributed by atoms with Crippen molar-refractivity contribution in [3.63, 3.8) is 0 Å². The molecule has 0 aliphatic carbocycles. The molecule has 1 atom stereocenters.